The second-order valence-electron chi connectivity index (χ2n) is 6.22. The maximum Gasteiger partial charge on any atom is 0.0838 e. The zero-order chi connectivity index (χ0) is 10.7. The quantitative estimate of drug-likeness (QED) is 0.298. The summed E-state index contributed by atoms with van der Waals surface area (Å²) < 4.78 is 2.44. The van der Waals surface area contributed by atoms with Gasteiger partial charge in [0.25, 0.3) is 0 Å². The van der Waals surface area contributed by atoms with Crippen molar-refractivity contribution in [2.45, 2.75) is 25.7 Å². The number of halogens is 2. The molecule has 0 bridgehead atoms. The van der Waals surface area contributed by atoms with Crippen molar-refractivity contribution in [1.29, 1.82) is 0 Å². The maximum absolute atomic E-state index is 2.44. The molecule has 1 fully saturated rings. The Morgan fingerprint density at radius 3 is 1.88 bits per heavy atom. The van der Waals surface area contributed by atoms with Gasteiger partial charge in [-0.25, -0.2) is 0 Å². The Hall–Kier alpha value is 1.38. The van der Waals surface area contributed by atoms with E-state index in [9.17, 15) is 0 Å². The van der Waals surface area contributed by atoms with Crippen LogP contribution in [0.4, 0.5) is 0 Å². The minimum absolute atomic E-state index is 0. The van der Waals surface area contributed by atoms with E-state index in [0.29, 0.717) is 0 Å². The van der Waals surface area contributed by atoms with Gasteiger partial charge in [-0.2, -0.15) is 0 Å². The second kappa shape index (κ2) is 8.48. The zero-order valence-corrected chi connectivity index (χ0v) is 15.6. The van der Waals surface area contributed by atoms with Crippen LogP contribution in [0.2, 0.25) is 0 Å². The number of nitrogens with zero attached hydrogens (tertiary/aromatic N) is 2. The van der Waals surface area contributed by atoms with Gasteiger partial charge >= 0.3 is 0 Å². The molecule has 1 aliphatic rings. The minimum atomic E-state index is 0. The summed E-state index contributed by atoms with van der Waals surface area (Å²) in [6.07, 6.45) is 5.73. The summed E-state index contributed by atoms with van der Waals surface area (Å²) in [4.78, 5) is 0. The first-order valence-electron chi connectivity index (χ1n) is 6.05. The molecule has 0 aromatic rings. The summed E-state index contributed by atoms with van der Waals surface area (Å²) in [5.41, 5.74) is 0. The number of likely N-dealkylation sites (tertiary alicyclic amines) is 1. The van der Waals surface area contributed by atoms with Gasteiger partial charge in [-0.15, -0.1) is 0 Å². The highest BCUT2D eigenvalue weighted by Gasteiger charge is 2.24. The third kappa shape index (κ3) is 8.47. The van der Waals surface area contributed by atoms with E-state index in [0.717, 1.165) is 4.48 Å². The lowest BCUT2D eigenvalue weighted by molar-refractivity contribution is -0.921. The van der Waals surface area contributed by atoms with Crippen molar-refractivity contribution in [1.82, 2.24) is 0 Å². The van der Waals surface area contributed by atoms with Gasteiger partial charge < -0.3 is 56.9 Å². The highest BCUT2D eigenvalue weighted by Crippen LogP contribution is 2.16. The molecule has 0 aromatic heterocycles. The van der Waals surface area contributed by atoms with Crippen molar-refractivity contribution < 1.29 is 56.9 Å². The predicted octanol–water partition coefficient (Wildman–Crippen LogP) is -4.28. The van der Waals surface area contributed by atoms with Gasteiger partial charge in [-0.05, 0) is 19.3 Å². The molecule has 0 aromatic carbocycles. The van der Waals surface area contributed by atoms with Crippen molar-refractivity contribution in [3.63, 3.8) is 0 Å². The number of quaternary nitrogens is 2. The van der Waals surface area contributed by atoms with Gasteiger partial charge in [0.05, 0.1) is 54.4 Å². The van der Waals surface area contributed by atoms with E-state index < -0.39 is 0 Å². The molecule has 16 heavy (non-hydrogen) atoms. The monoisotopic (exact) mass is 454 g/mol. The molecule has 0 spiro atoms. The van der Waals surface area contributed by atoms with E-state index in [1.807, 2.05) is 0 Å². The topological polar surface area (TPSA) is 0 Å². The van der Waals surface area contributed by atoms with Gasteiger partial charge in [-0.1, -0.05) is 0 Å². The van der Waals surface area contributed by atoms with Crippen molar-refractivity contribution in [2.75, 3.05) is 54.4 Å². The molecule has 2 nitrogen and oxygen atoms in total. The standard InChI is InChI=1S/C12H28N2.2HI/c1-13(2,3)9-8-12-14(4)10-6-5-7-11-14;;/h5-12H2,1-4H3;2*1H/q+2;;/p-2. The number of rotatable bonds is 4. The number of hydrogen-bond acceptors (Lipinski definition) is 0. The lowest BCUT2D eigenvalue weighted by Crippen LogP contribution is -3.00. The summed E-state index contributed by atoms with van der Waals surface area (Å²) in [5, 5.41) is 0. The third-order valence-corrected chi connectivity index (χ3v) is 3.42. The Morgan fingerprint density at radius 2 is 1.44 bits per heavy atom. The van der Waals surface area contributed by atoms with Gasteiger partial charge in [-0.3, -0.25) is 0 Å². The fourth-order valence-electron chi connectivity index (χ4n) is 2.43. The molecule has 4 heteroatoms. The van der Waals surface area contributed by atoms with Crippen LogP contribution in [0.3, 0.4) is 0 Å². The van der Waals surface area contributed by atoms with Crippen molar-refractivity contribution >= 4 is 0 Å². The summed E-state index contributed by atoms with van der Waals surface area (Å²) in [6.45, 7) is 5.53. The lowest BCUT2D eigenvalue weighted by Gasteiger charge is -2.38. The first-order chi connectivity index (χ1) is 6.41. The molecule has 0 unspecified atom stereocenters. The number of piperidine rings is 1. The van der Waals surface area contributed by atoms with E-state index in [2.05, 4.69) is 28.2 Å². The van der Waals surface area contributed by atoms with E-state index in [1.54, 1.807) is 0 Å². The van der Waals surface area contributed by atoms with Crippen molar-refractivity contribution in [3.05, 3.63) is 0 Å². The molecular formula is C12H28I2N2. The number of hydrogen-bond donors (Lipinski definition) is 0. The molecule has 100 valence electrons. The molecule has 0 atom stereocenters. The van der Waals surface area contributed by atoms with Crippen LogP contribution in [-0.4, -0.2) is 63.3 Å². The van der Waals surface area contributed by atoms with Crippen LogP contribution in [0.15, 0.2) is 0 Å². The molecule has 0 radical (unpaired) electrons. The summed E-state index contributed by atoms with van der Waals surface area (Å²) in [7, 11) is 9.30. The van der Waals surface area contributed by atoms with Crippen LogP contribution in [0.25, 0.3) is 0 Å². The lowest BCUT2D eigenvalue weighted by atomic mass is 10.1. The average molecular weight is 454 g/mol. The van der Waals surface area contributed by atoms with E-state index in [-0.39, 0.29) is 48.0 Å². The first-order valence-corrected chi connectivity index (χ1v) is 6.05. The highest BCUT2D eigenvalue weighted by molar-refractivity contribution is 4.51. The predicted molar refractivity (Wildman–Crippen MR) is 62.2 cm³/mol. The van der Waals surface area contributed by atoms with Crippen LogP contribution in [0.5, 0.6) is 0 Å². The average Bonchev–Trinajstić information content (AvgIpc) is 2.02. The van der Waals surface area contributed by atoms with Crippen LogP contribution in [0.1, 0.15) is 25.7 Å². The van der Waals surface area contributed by atoms with Crippen molar-refractivity contribution in [2.24, 2.45) is 0 Å². The molecular weight excluding hydrogens is 426 g/mol. The largest absolute Gasteiger partial charge is 1.00 e. The Labute approximate surface area is 136 Å². The Bertz CT molecular complexity index is 172. The SMILES string of the molecule is C[N+](C)(C)CCC[N+]1(C)CCCCC1.[I-].[I-]. The minimum Gasteiger partial charge on any atom is -1.00 e. The molecule has 0 N–H and O–H groups in total. The molecule has 1 saturated heterocycles. The first kappa shape index (κ1) is 19.7. The summed E-state index contributed by atoms with van der Waals surface area (Å²) in [5.74, 6) is 0. The Kier molecular flexibility index (Phi) is 10.4. The molecule has 1 aliphatic heterocycles. The molecule has 1 rings (SSSR count). The van der Waals surface area contributed by atoms with E-state index >= 15 is 0 Å². The molecule has 0 amide bonds. The second-order valence-corrected chi connectivity index (χ2v) is 6.22. The van der Waals surface area contributed by atoms with Crippen LogP contribution in [0, 0.1) is 0 Å². The van der Waals surface area contributed by atoms with Gasteiger partial charge in [0, 0.05) is 6.42 Å². The van der Waals surface area contributed by atoms with Gasteiger partial charge in [0.15, 0.2) is 0 Å². The smallest absolute Gasteiger partial charge is 0.0838 e. The molecule has 1 heterocycles. The Morgan fingerprint density at radius 1 is 0.938 bits per heavy atom. The zero-order valence-electron chi connectivity index (χ0n) is 11.3. The Balaban J connectivity index is 0. The fraction of sp³-hybridized carbons (Fsp3) is 1.00. The van der Waals surface area contributed by atoms with Crippen LogP contribution < -0.4 is 48.0 Å². The highest BCUT2D eigenvalue weighted by atomic mass is 127. The summed E-state index contributed by atoms with van der Waals surface area (Å²) in [6, 6.07) is 0. The van der Waals surface area contributed by atoms with Crippen molar-refractivity contribution in [3.8, 4) is 0 Å². The molecule has 0 saturated carbocycles. The van der Waals surface area contributed by atoms with Gasteiger partial charge in [0.1, 0.15) is 0 Å². The maximum atomic E-state index is 2.44. The third-order valence-electron chi connectivity index (χ3n) is 3.42. The molecule has 0 aliphatic carbocycles. The van der Waals surface area contributed by atoms with E-state index in [1.165, 1.54) is 56.3 Å². The van der Waals surface area contributed by atoms with E-state index in [4.69, 9.17) is 0 Å². The van der Waals surface area contributed by atoms with Crippen LogP contribution in [-0.2, 0) is 0 Å². The normalized spacial score (nSPS) is 19.5. The van der Waals surface area contributed by atoms with Crippen LogP contribution >= 0.6 is 0 Å². The van der Waals surface area contributed by atoms with Gasteiger partial charge in [0.2, 0.25) is 0 Å². The summed E-state index contributed by atoms with van der Waals surface area (Å²) >= 11 is 0. The fourth-order valence-corrected chi connectivity index (χ4v) is 2.43.